The van der Waals surface area contributed by atoms with Crippen LogP contribution < -0.4 is 14.4 Å². The summed E-state index contributed by atoms with van der Waals surface area (Å²) in [7, 11) is -2.36. The number of benzene rings is 3. The van der Waals surface area contributed by atoms with Crippen molar-refractivity contribution >= 4 is 43.5 Å². The molecule has 1 N–H and O–H groups in total. The average molecular weight is 657 g/mol. The van der Waals surface area contributed by atoms with Crippen molar-refractivity contribution in [1.82, 2.24) is 10.2 Å². The van der Waals surface area contributed by atoms with Crippen LogP contribution in [-0.4, -0.2) is 57.1 Å². The fraction of sp³-hybridized carbons (Fsp3) is 0.375. The molecule has 8 nitrogen and oxygen atoms in total. The van der Waals surface area contributed by atoms with Gasteiger partial charge in [-0.05, 0) is 48.2 Å². The minimum atomic E-state index is -3.86. The van der Waals surface area contributed by atoms with Gasteiger partial charge in [0, 0.05) is 29.5 Å². The molecular formula is C32H38BrN3O5S. The maximum Gasteiger partial charge on any atom is 0.244 e. The molecule has 0 aromatic heterocycles. The summed E-state index contributed by atoms with van der Waals surface area (Å²) >= 11 is 3.50. The first kappa shape index (κ1) is 31.6. The summed E-state index contributed by atoms with van der Waals surface area (Å²) in [4.78, 5) is 29.8. The first-order valence-electron chi connectivity index (χ1n) is 14.1. The number of rotatable bonds is 12. The van der Waals surface area contributed by atoms with E-state index in [1.807, 2.05) is 54.6 Å². The molecule has 1 aliphatic rings. The molecule has 0 bridgehead atoms. The lowest BCUT2D eigenvalue weighted by atomic mass is 9.94. The summed E-state index contributed by atoms with van der Waals surface area (Å²) in [6, 6.07) is 22.9. The summed E-state index contributed by atoms with van der Waals surface area (Å²) < 4.78 is 33.2. The van der Waals surface area contributed by atoms with Crippen molar-refractivity contribution in [3.63, 3.8) is 0 Å². The normalized spacial score (nSPS) is 14.5. The molecule has 42 heavy (non-hydrogen) atoms. The number of halogens is 1. The number of hydrogen-bond acceptors (Lipinski definition) is 5. The highest BCUT2D eigenvalue weighted by Crippen LogP contribution is 2.25. The second-order valence-corrected chi connectivity index (χ2v) is 13.5. The zero-order chi connectivity index (χ0) is 30.1. The predicted octanol–water partition coefficient (Wildman–Crippen LogP) is 5.31. The Morgan fingerprint density at radius 1 is 0.952 bits per heavy atom. The predicted molar refractivity (Wildman–Crippen MR) is 169 cm³/mol. The Hall–Kier alpha value is -3.37. The number of nitrogens with zero attached hydrogens (tertiary/aromatic N) is 2. The molecule has 1 fully saturated rings. The Labute approximate surface area is 257 Å². The van der Waals surface area contributed by atoms with E-state index in [2.05, 4.69) is 21.2 Å². The van der Waals surface area contributed by atoms with Gasteiger partial charge in [-0.3, -0.25) is 13.9 Å². The van der Waals surface area contributed by atoms with E-state index in [1.165, 1.54) is 12.0 Å². The lowest BCUT2D eigenvalue weighted by Gasteiger charge is -2.35. The highest BCUT2D eigenvalue weighted by atomic mass is 79.9. The molecule has 0 unspecified atom stereocenters. The number of carbonyl (C=O) groups is 2. The van der Waals surface area contributed by atoms with Crippen LogP contribution in [0.4, 0.5) is 5.69 Å². The molecule has 1 aliphatic carbocycles. The van der Waals surface area contributed by atoms with Gasteiger partial charge in [-0.1, -0.05) is 83.7 Å². The lowest BCUT2D eigenvalue weighted by Crippen LogP contribution is -2.55. The van der Waals surface area contributed by atoms with Crippen LogP contribution in [0.3, 0.4) is 0 Å². The molecule has 3 aromatic carbocycles. The van der Waals surface area contributed by atoms with Gasteiger partial charge in [0.2, 0.25) is 21.8 Å². The summed E-state index contributed by atoms with van der Waals surface area (Å²) in [5.41, 5.74) is 2.02. The monoisotopic (exact) mass is 655 g/mol. The van der Waals surface area contributed by atoms with Crippen LogP contribution in [0.25, 0.3) is 0 Å². The third kappa shape index (κ3) is 8.82. The molecule has 3 aromatic rings. The minimum absolute atomic E-state index is 0.0525. The van der Waals surface area contributed by atoms with Gasteiger partial charge in [-0.2, -0.15) is 0 Å². The van der Waals surface area contributed by atoms with Gasteiger partial charge in [-0.25, -0.2) is 8.42 Å². The van der Waals surface area contributed by atoms with Crippen LogP contribution in [0, 0.1) is 0 Å². The third-order valence-electron chi connectivity index (χ3n) is 7.49. The lowest BCUT2D eigenvalue weighted by molar-refractivity contribution is -0.140. The maximum atomic E-state index is 14.2. The largest absolute Gasteiger partial charge is 0.497 e. The number of sulfonamides is 1. The number of methoxy groups -OCH3 is 1. The smallest absolute Gasteiger partial charge is 0.244 e. The van der Waals surface area contributed by atoms with E-state index < -0.39 is 28.5 Å². The standard InChI is InChI=1S/C32H38BrN3O5S/c1-41-29-18-10-17-28(21-29)36(42(2,39)40)23-31(37)35(22-25-13-9-14-26(33)19-25)30(20-24-11-5-3-6-12-24)32(38)34-27-15-7-4-8-16-27/h3,5-6,9-14,17-19,21,27,30H,4,7-8,15-16,20,22-23H2,1-2H3,(H,34,38)/t30-/m0/s1. The van der Waals surface area contributed by atoms with Gasteiger partial charge in [0.05, 0.1) is 19.1 Å². The van der Waals surface area contributed by atoms with E-state index in [0.717, 1.165) is 58.3 Å². The van der Waals surface area contributed by atoms with Crippen molar-refractivity contribution in [2.45, 2.75) is 57.2 Å². The van der Waals surface area contributed by atoms with Crippen molar-refractivity contribution in [2.24, 2.45) is 0 Å². The molecule has 1 atom stereocenters. The molecule has 0 radical (unpaired) electrons. The van der Waals surface area contributed by atoms with Gasteiger partial charge in [0.25, 0.3) is 0 Å². The van der Waals surface area contributed by atoms with Crippen LogP contribution in [-0.2, 0) is 32.6 Å². The molecule has 0 saturated heterocycles. The quantitative estimate of drug-likeness (QED) is 0.285. The van der Waals surface area contributed by atoms with Crippen LogP contribution >= 0.6 is 15.9 Å². The Bertz CT molecular complexity index is 1460. The van der Waals surface area contributed by atoms with E-state index in [1.54, 1.807) is 24.3 Å². The van der Waals surface area contributed by atoms with Crippen LogP contribution in [0.2, 0.25) is 0 Å². The van der Waals surface area contributed by atoms with Crippen molar-refractivity contribution < 1.29 is 22.7 Å². The molecular weight excluding hydrogens is 618 g/mol. The Morgan fingerprint density at radius 2 is 1.64 bits per heavy atom. The second-order valence-electron chi connectivity index (χ2n) is 10.7. The van der Waals surface area contributed by atoms with E-state index in [4.69, 9.17) is 4.74 Å². The molecule has 224 valence electrons. The molecule has 1 saturated carbocycles. The number of amides is 2. The van der Waals surface area contributed by atoms with Gasteiger partial charge < -0.3 is 15.0 Å². The highest BCUT2D eigenvalue weighted by molar-refractivity contribution is 9.10. The zero-order valence-corrected chi connectivity index (χ0v) is 26.4. The number of nitrogens with one attached hydrogen (secondary N) is 1. The zero-order valence-electron chi connectivity index (χ0n) is 24.0. The molecule has 2 amide bonds. The van der Waals surface area contributed by atoms with Gasteiger partial charge >= 0.3 is 0 Å². The Kier molecular flexibility index (Phi) is 11.0. The number of ether oxygens (including phenoxy) is 1. The molecule has 10 heteroatoms. The minimum Gasteiger partial charge on any atom is -0.497 e. The first-order chi connectivity index (χ1) is 20.1. The van der Waals surface area contributed by atoms with Gasteiger partial charge in [0.1, 0.15) is 18.3 Å². The fourth-order valence-electron chi connectivity index (χ4n) is 5.31. The number of anilines is 1. The van der Waals surface area contributed by atoms with Crippen molar-refractivity contribution in [3.8, 4) is 5.75 Å². The van der Waals surface area contributed by atoms with E-state index in [0.29, 0.717) is 11.4 Å². The Balaban J connectivity index is 1.72. The van der Waals surface area contributed by atoms with E-state index in [-0.39, 0.29) is 24.9 Å². The summed E-state index contributed by atoms with van der Waals surface area (Å²) in [5.74, 6) is -0.252. The summed E-state index contributed by atoms with van der Waals surface area (Å²) in [5, 5.41) is 3.21. The van der Waals surface area contributed by atoms with Crippen molar-refractivity contribution in [2.75, 3.05) is 24.2 Å². The fourth-order valence-corrected chi connectivity index (χ4v) is 6.60. The van der Waals surface area contributed by atoms with Gasteiger partial charge in [0.15, 0.2) is 0 Å². The molecule has 4 rings (SSSR count). The topological polar surface area (TPSA) is 96.0 Å². The number of carbonyl (C=O) groups excluding carboxylic acids is 2. The van der Waals surface area contributed by atoms with Gasteiger partial charge in [-0.15, -0.1) is 0 Å². The average Bonchev–Trinajstić information content (AvgIpc) is 2.98. The summed E-state index contributed by atoms with van der Waals surface area (Å²) in [6.07, 6.45) is 6.42. The SMILES string of the molecule is COc1cccc(N(CC(=O)N(Cc2cccc(Br)c2)[C@@H](Cc2ccccc2)C(=O)NC2CCCCC2)S(C)(=O)=O)c1. The Morgan fingerprint density at radius 3 is 2.31 bits per heavy atom. The van der Waals surface area contributed by atoms with Crippen molar-refractivity contribution in [3.05, 3.63) is 94.5 Å². The van der Waals surface area contributed by atoms with Crippen LogP contribution in [0.1, 0.15) is 43.2 Å². The third-order valence-corrected chi connectivity index (χ3v) is 9.12. The van der Waals surface area contributed by atoms with E-state index in [9.17, 15) is 18.0 Å². The first-order valence-corrected chi connectivity index (χ1v) is 16.8. The van der Waals surface area contributed by atoms with Crippen LogP contribution in [0.5, 0.6) is 5.75 Å². The molecule has 0 spiro atoms. The summed E-state index contributed by atoms with van der Waals surface area (Å²) in [6.45, 7) is -0.342. The maximum absolute atomic E-state index is 14.2. The highest BCUT2D eigenvalue weighted by Gasteiger charge is 2.34. The van der Waals surface area contributed by atoms with E-state index >= 15 is 0 Å². The molecule has 0 heterocycles. The second kappa shape index (κ2) is 14.7. The van der Waals surface area contributed by atoms with Crippen molar-refractivity contribution in [1.29, 1.82) is 0 Å². The van der Waals surface area contributed by atoms with Crippen LogP contribution in [0.15, 0.2) is 83.3 Å². The number of hydrogen-bond donors (Lipinski definition) is 1. The molecule has 0 aliphatic heterocycles.